The molecule has 0 saturated carbocycles. The van der Waals surface area contributed by atoms with Gasteiger partial charge in [-0.1, -0.05) is 42.5 Å². The molecule has 1 aliphatic rings. The summed E-state index contributed by atoms with van der Waals surface area (Å²) in [5.74, 6) is 0.803. The number of carbonyl (C=O) groups excluding carboxylic acids is 1. The molecule has 2 atom stereocenters. The van der Waals surface area contributed by atoms with Gasteiger partial charge in [0.25, 0.3) is 5.91 Å². The zero-order valence-corrected chi connectivity index (χ0v) is 17.7. The molecule has 2 N–H and O–H groups in total. The molecule has 28 heavy (non-hydrogen) atoms. The van der Waals surface area contributed by atoms with Crippen molar-refractivity contribution in [2.45, 2.75) is 32.4 Å². The van der Waals surface area contributed by atoms with Crippen LogP contribution < -0.4 is 5.73 Å². The van der Waals surface area contributed by atoms with Crippen molar-refractivity contribution >= 4 is 18.5 Å². The number of hydrogen-bond acceptors (Lipinski definition) is 4. The lowest BCUT2D eigenvalue weighted by Crippen LogP contribution is -2.58. The number of carbonyl (C=O) groups is 1. The molecular formula is C23H31N3OS. The Labute approximate surface area is 174 Å². The van der Waals surface area contributed by atoms with Crippen molar-refractivity contribution in [2.24, 2.45) is 5.73 Å². The van der Waals surface area contributed by atoms with Crippen molar-refractivity contribution in [1.82, 2.24) is 9.80 Å². The van der Waals surface area contributed by atoms with Crippen LogP contribution in [0.2, 0.25) is 0 Å². The average Bonchev–Trinajstić information content (AvgIpc) is 2.71. The fraction of sp³-hybridized carbons (Fsp3) is 0.435. The number of thiol groups is 1. The zero-order valence-electron chi connectivity index (χ0n) is 16.8. The number of piperazine rings is 1. The third kappa shape index (κ3) is 4.96. The van der Waals surface area contributed by atoms with Gasteiger partial charge in [0.1, 0.15) is 0 Å². The molecule has 150 valence electrons. The second kappa shape index (κ2) is 9.59. The van der Waals surface area contributed by atoms with Gasteiger partial charge in [-0.05, 0) is 43.0 Å². The van der Waals surface area contributed by atoms with Crippen LogP contribution in [0, 0.1) is 13.8 Å². The number of nitrogens with zero attached hydrogens (tertiary/aromatic N) is 2. The van der Waals surface area contributed by atoms with Crippen molar-refractivity contribution in [2.75, 3.05) is 31.9 Å². The Kier molecular flexibility index (Phi) is 7.16. The highest BCUT2D eigenvalue weighted by Gasteiger charge is 2.31. The minimum atomic E-state index is 0.0443. The van der Waals surface area contributed by atoms with Gasteiger partial charge < -0.3 is 10.6 Å². The molecule has 4 nitrogen and oxygen atoms in total. The molecule has 1 aliphatic heterocycles. The number of hydrogen-bond donors (Lipinski definition) is 2. The smallest absolute Gasteiger partial charge is 0.254 e. The Morgan fingerprint density at radius 1 is 1.14 bits per heavy atom. The number of nitrogens with two attached hydrogens (primary N) is 1. The number of rotatable bonds is 6. The first-order chi connectivity index (χ1) is 13.5. The summed E-state index contributed by atoms with van der Waals surface area (Å²) < 4.78 is 0. The largest absolute Gasteiger partial charge is 0.336 e. The molecular weight excluding hydrogens is 366 g/mol. The summed E-state index contributed by atoms with van der Waals surface area (Å²) in [5.41, 5.74) is 10.5. The quantitative estimate of drug-likeness (QED) is 0.737. The summed E-state index contributed by atoms with van der Waals surface area (Å²) in [4.78, 5) is 17.7. The first kappa shape index (κ1) is 20.9. The summed E-state index contributed by atoms with van der Waals surface area (Å²) in [6, 6.07) is 16.8. The molecule has 2 unspecified atom stereocenters. The third-order valence-corrected chi connectivity index (χ3v) is 6.21. The number of amides is 1. The second-order valence-electron chi connectivity index (χ2n) is 7.78. The van der Waals surface area contributed by atoms with Crippen LogP contribution >= 0.6 is 12.6 Å². The summed E-state index contributed by atoms with van der Waals surface area (Å²) in [5, 5.41) is 0. The summed E-state index contributed by atoms with van der Waals surface area (Å²) in [6.45, 7) is 7.20. The van der Waals surface area contributed by atoms with Crippen molar-refractivity contribution in [3.63, 3.8) is 0 Å². The molecule has 0 spiro atoms. The first-order valence-electron chi connectivity index (χ1n) is 9.99. The maximum absolute atomic E-state index is 13.2. The lowest BCUT2D eigenvalue weighted by Gasteiger charge is -2.42. The molecule has 1 saturated heterocycles. The van der Waals surface area contributed by atoms with Gasteiger partial charge in [0.15, 0.2) is 0 Å². The zero-order chi connectivity index (χ0) is 20.1. The van der Waals surface area contributed by atoms with Crippen LogP contribution in [0.15, 0.2) is 48.5 Å². The highest BCUT2D eigenvalue weighted by molar-refractivity contribution is 7.80. The van der Waals surface area contributed by atoms with E-state index in [4.69, 9.17) is 5.73 Å². The molecule has 2 aromatic rings. The van der Waals surface area contributed by atoms with E-state index in [2.05, 4.69) is 54.8 Å². The minimum Gasteiger partial charge on any atom is -0.336 e. The predicted octanol–water partition coefficient (Wildman–Crippen LogP) is 2.93. The van der Waals surface area contributed by atoms with Gasteiger partial charge in [0.2, 0.25) is 0 Å². The maximum atomic E-state index is 13.2. The van der Waals surface area contributed by atoms with Gasteiger partial charge in [-0.25, -0.2) is 0 Å². The van der Waals surface area contributed by atoms with Crippen molar-refractivity contribution in [3.05, 3.63) is 70.8 Å². The summed E-state index contributed by atoms with van der Waals surface area (Å²) in [7, 11) is 0. The summed E-state index contributed by atoms with van der Waals surface area (Å²) in [6.07, 6.45) is 0.913. The average molecular weight is 398 g/mol. The van der Waals surface area contributed by atoms with Gasteiger partial charge >= 0.3 is 0 Å². The van der Waals surface area contributed by atoms with E-state index in [1.54, 1.807) is 0 Å². The first-order valence-corrected chi connectivity index (χ1v) is 10.6. The molecule has 1 fully saturated rings. The third-order valence-electron chi connectivity index (χ3n) is 5.74. The van der Waals surface area contributed by atoms with Crippen LogP contribution in [0.4, 0.5) is 0 Å². The van der Waals surface area contributed by atoms with E-state index in [0.717, 1.165) is 49.3 Å². The summed E-state index contributed by atoms with van der Waals surface area (Å²) >= 11 is 4.35. The topological polar surface area (TPSA) is 49.6 Å². The van der Waals surface area contributed by atoms with Gasteiger partial charge in [-0.2, -0.15) is 12.6 Å². The monoisotopic (exact) mass is 397 g/mol. The molecule has 2 aromatic carbocycles. The minimum absolute atomic E-state index is 0.0443. The Bertz CT molecular complexity index is 796. The Hall–Kier alpha value is -1.82. The van der Waals surface area contributed by atoms with Gasteiger partial charge in [0.05, 0.1) is 0 Å². The highest BCUT2D eigenvalue weighted by Crippen LogP contribution is 2.20. The van der Waals surface area contributed by atoms with Gasteiger partial charge in [0, 0.05) is 49.6 Å². The second-order valence-corrected chi connectivity index (χ2v) is 8.14. The van der Waals surface area contributed by atoms with Crippen LogP contribution in [0.5, 0.6) is 0 Å². The van der Waals surface area contributed by atoms with E-state index in [1.807, 2.05) is 30.0 Å². The van der Waals surface area contributed by atoms with E-state index in [1.165, 1.54) is 5.56 Å². The fourth-order valence-electron chi connectivity index (χ4n) is 3.91. The maximum Gasteiger partial charge on any atom is 0.254 e. The number of benzene rings is 2. The van der Waals surface area contributed by atoms with Crippen LogP contribution in [0.1, 0.15) is 27.0 Å². The predicted molar refractivity (Wildman–Crippen MR) is 119 cm³/mol. The number of aryl methyl sites for hydroxylation is 1. The van der Waals surface area contributed by atoms with Gasteiger partial charge in [-0.15, -0.1) is 0 Å². The van der Waals surface area contributed by atoms with E-state index >= 15 is 0 Å². The molecule has 5 heteroatoms. The molecule has 0 radical (unpaired) electrons. The molecule has 0 bridgehead atoms. The van der Waals surface area contributed by atoms with Gasteiger partial charge in [-0.3, -0.25) is 9.69 Å². The highest BCUT2D eigenvalue weighted by atomic mass is 32.1. The lowest BCUT2D eigenvalue weighted by molar-refractivity contribution is 0.0471. The fourth-order valence-corrected chi connectivity index (χ4v) is 4.03. The molecule has 0 aromatic heterocycles. The molecule has 3 rings (SSSR count). The van der Waals surface area contributed by atoms with Crippen LogP contribution in [0.3, 0.4) is 0 Å². The van der Waals surface area contributed by atoms with Crippen LogP contribution in [-0.4, -0.2) is 59.7 Å². The Morgan fingerprint density at radius 3 is 2.61 bits per heavy atom. The SMILES string of the molecule is Cc1cccc(C(=O)N2CCN(CC(N)CS)C(Cc3ccccc3)C2)c1C. The van der Waals surface area contributed by atoms with E-state index < -0.39 is 0 Å². The van der Waals surface area contributed by atoms with E-state index in [0.29, 0.717) is 5.75 Å². The van der Waals surface area contributed by atoms with Crippen molar-refractivity contribution in [1.29, 1.82) is 0 Å². The van der Waals surface area contributed by atoms with Crippen molar-refractivity contribution < 1.29 is 4.79 Å². The van der Waals surface area contributed by atoms with E-state index in [-0.39, 0.29) is 18.0 Å². The molecule has 0 aliphatic carbocycles. The van der Waals surface area contributed by atoms with Crippen LogP contribution in [-0.2, 0) is 6.42 Å². The van der Waals surface area contributed by atoms with Crippen molar-refractivity contribution in [3.8, 4) is 0 Å². The van der Waals surface area contributed by atoms with Crippen LogP contribution in [0.25, 0.3) is 0 Å². The Morgan fingerprint density at radius 2 is 1.89 bits per heavy atom. The molecule has 1 amide bonds. The normalized spacial score (nSPS) is 18.9. The Balaban J connectivity index is 1.78. The standard InChI is InChI=1S/C23H31N3OS/c1-17-7-6-10-22(18(17)2)23(27)26-12-11-25(14-20(24)16-28)21(15-26)13-19-8-4-3-5-9-19/h3-10,20-21,28H,11-16,24H2,1-2H3. The lowest BCUT2D eigenvalue weighted by atomic mass is 9.99. The van der Waals surface area contributed by atoms with E-state index in [9.17, 15) is 4.79 Å². The molecule has 1 heterocycles.